The van der Waals surface area contributed by atoms with E-state index in [0.29, 0.717) is 11.9 Å². The van der Waals surface area contributed by atoms with Gasteiger partial charge in [-0.2, -0.15) is 0 Å². The molecule has 3 aromatic rings. The van der Waals surface area contributed by atoms with Crippen LogP contribution >= 0.6 is 11.3 Å². The second-order valence-corrected chi connectivity index (χ2v) is 10.1. The lowest BCUT2D eigenvalue weighted by molar-refractivity contribution is 0.134. The number of rotatable bonds is 8. The van der Waals surface area contributed by atoms with E-state index in [1.807, 2.05) is 24.4 Å². The monoisotopic (exact) mass is 470 g/mol. The molecule has 0 bridgehead atoms. The lowest BCUT2D eigenvalue weighted by Crippen LogP contribution is -2.53. The zero-order valence-electron chi connectivity index (χ0n) is 20.1. The Bertz CT molecular complexity index is 1200. The number of amidine groups is 1. The highest BCUT2D eigenvalue weighted by Crippen LogP contribution is 2.30. The minimum absolute atomic E-state index is 0.424. The van der Waals surface area contributed by atoms with Gasteiger partial charge in [-0.1, -0.05) is 67.3 Å². The molecule has 5 heteroatoms. The van der Waals surface area contributed by atoms with E-state index in [-0.39, 0.29) is 0 Å². The van der Waals surface area contributed by atoms with Gasteiger partial charge in [0.1, 0.15) is 10.8 Å². The number of likely N-dealkylation sites (N-methyl/N-ethyl adjacent to an activating group) is 1. The van der Waals surface area contributed by atoms with Gasteiger partial charge >= 0.3 is 0 Å². The fourth-order valence-electron chi connectivity index (χ4n) is 4.58. The number of allylic oxidation sites excluding steroid dienone is 4. The third-order valence-electron chi connectivity index (χ3n) is 6.50. The van der Waals surface area contributed by atoms with Crippen molar-refractivity contribution < 1.29 is 0 Å². The Morgan fingerprint density at radius 3 is 2.82 bits per heavy atom. The quantitative estimate of drug-likeness (QED) is 0.226. The van der Waals surface area contributed by atoms with E-state index in [2.05, 4.69) is 84.2 Å². The number of fused-ring (bicyclic) bond motifs is 1. The summed E-state index contributed by atoms with van der Waals surface area (Å²) in [6.45, 7) is 8.53. The van der Waals surface area contributed by atoms with Crippen LogP contribution in [0.5, 0.6) is 0 Å². The van der Waals surface area contributed by atoms with Crippen molar-refractivity contribution in [2.75, 3.05) is 32.0 Å². The number of piperazine rings is 1. The summed E-state index contributed by atoms with van der Waals surface area (Å²) < 4.78 is 0. The predicted molar refractivity (Wildman–Crippen MR) is 148 cm³/mol. The maximum Gasteiger partial charge on any atom is 0.131 e. The normalized spacial score (nSPS) is 17.1. The van der Waals surface area contributed by atoms with Gasteiger partial charge in [0.05, 0.1) is 5.56 Å². The molecule has 0 spiro atoms. The van der Waals surface area contributed by atoms with E-state index in [4.69, 9.17) is 5.41 Å². The highest BCUT2D eigenvalue weighted by Gasteiger charge is 2.27. The maximum absolute atomic E-state index is 9.01. The van der Waals surface area contributed by atoms with Crippen LogP contribution in [-0.4, -0.2) is 48.4 Å². The second kappa shape index (κ2) is 11.3. The molecule has 1 aliphatic rings. The van der Waals surface area contributed by atoms with Crippen LogP contribution in [0.1, 0.15) is 22.4 Å². The van der Waals surface area contributed by atoms with Gasteiger partial charge in [-0.15, -0.1) is 11.3 Å². The summed E-state index contributed by atoms with van der Waals surface area (Å²) >= 11 is 1.70. The first-order valence-corrected chi connectivity index (χ1v) is 12.7. The van der Waals surface area contributed by atoms with E-state index in [0.717, 1.165) is 43.0 Å². The van der Waals surface area contributed by atoms with E-state index >= 15 is 0 Å². The number of nitrogens with zero attached hydrogens (tertiary/aromatic N) is 2. The van der Waals surface area contributed by atoms with Gasteiger partial charge in [0, 0.05) is 36.8 Å². The van der Waals surface area contributed by atoms with Gasteiger partial charge in [-0.25, -0.2) is 0 Å². The first-order chi connectivity index (χ1) is 16.6. The van der Waals surface area contributed by atoms with Crippen molar-refractivity contribution >= 4 is 32.9 Å². The lowest BCUT2D eigenvalue weighted by Gasteiger charge is -2.40. The van der Waals surface area contributed by atoms with Crippen LogP contribution in [0.2, 0.25) is 0 Å². The molecule has 2 N–H and O–H groups in total. The number of aryl methyl sites for hydroxylation is 2. The summed E-state index contributed by atoms with van der Waals surface area (Å²) in [5.41, 5.74) is 2.40. The highest BCUT2D eigenvalue weighted by molar-refractivity contribution is 7.16. The number of anilines is 1. The molecular weight excluding hydrogens is 436 g/mol. The molecule has 0 saturated carbocycles. The van der Waals surface area contributed by atoms with Gasteiger partial charge in [-0.3, -0.25) is 10.3 Å². The van der Waals surface area contributed by atoms with Crippen molar-refractivity contribution in [2.45, 2.75) is 25.8 Å². The Morgan fingerprint density at radius 1 is 1.15 bits per heavy atom. The number of thiophene rings is 1. The van der Waals surface area contributed by atoms with Crippen LogP contribution in [-0.2, 0) is 6.42 Å². The summed E-state index contributed by atoms with van der Waals surface area (Å²) in [6, 6.07) is 17.8. The molecule has 1 unspecified atom stereocenters. The van der Waals surface area contributed by atoms with Crippen molar-refractivity contribution in [3.05, 3.63) is 102 Å². The van der Waals surface area contributed by atoms with Crippen molar-refractivity contribution in [2.24, 2.45) is 0 Å². The molecular formula is C29H34N4S. The minimum Gasteiger partial charge on any atom is -0.354 e. The molecule has 1 aromatic heterocycles. The van der Waals surface area contributed by atoms with E-state index in [9.17, 15) is 0 Å². The fraction of sp³-hybridized carbons (Fsp3) is 0.276. The van der Waals surface area contributed by atoms with Gasteiger partial charge in [0.15, 0.2) is 0 Å². The Kier molecular flexibility index (Phi) is 7.99. The molecule has 0 amide bonds. The molecule has 1 saturated heterocycles. The SMILES string of the molecule is C=C/C=C\C=C\Nc1sc(C)cc1C(=N)N1CCN(C)C(CCc2cccc3ccccc23)C1. The maximum atomic E-state index is 9.01. The van der Waals surface area contributed by atoms with Crippen molar-refractivity contribution in [3.8, 4) is 0 Å². The topological polar surface area (TPSA) is 42.4 Å². The Balaban J connectivity index is 1.43. The van der Waals surface area contributed by atoms with Gasteiger partial charge in [-0.05, 0) is 55.3 Å². The lowest BCUT2D eigenvalue weighted by atomic mass is 9.97. The van der Waals surface area contributed by atoms with Crippen LogP contribution in [0.15, 0.2) is 85.6 Å². The van der Waals surface area contributed by atoms with Crippen molar-refractivity contribution in [1.82, 2.24) is 9.80 Å². The van der Waals surface area contributed by atoms with Crippen LogP contribution in [0.3, 0.4) is 0 Å². The van der Waals surface area contributed by atoms with Crippen molar-refractivity contribution in [1.29, 1.82) is 5.41 Å². The standard InChI is InChI=1S/C29H34N4S/c1-4-5-6-9-17-31-29-27(20-22(2)34-29)28(30)33-19-18-32(3)25(21-33)16-15-24-13-10-12-23-11-7-8-14-26(23)24/h4-14,17,20,25,30-31H,1,15-16,18-19,21H2,2-3H3/b6-5-,17-9+,30-28?. The van der Waals surface area contributed by atoms with E-state index in [1.165, 1.54) is 21.2 Å². The third kappa shape index (κ3) is 5.66. The summed E-state index contributed by atoms with van der Waals surface area (Å²) in [5.74, 6) is 0.616. The summed E-state index contributed by atoms with van der Waals surface area (Å²) in [7, 11) is 2.22. The predicted octanol–water partition coefficient (Wildman–Crippen LogP) is 6.45. The van der Waals surface area contributed by atoms with E-state index in [1.54, 1.807) is 17.4 Å². The first kappa shape index (κ1) is 24.0. The molecule has 34 heavy (non-hydrogen) atoms. The number of benzene rings is 2. The number of nitrogens with one attached hydrogen (secondary N) is 2. The largest absolute Gasteiger partial charge is 0.354 e. The molecule has 176 valence electrons. The molecule has 4 rings (SSSR count). The zero-order chi connectivity index (χ0) is 23.9. The van der Waals surface area contributed by atoms with E-state index < -0.39 is 0 Å². The Labute approximate surface area is 207 Å². The molecule has 0 radical (unpaired) electrons. The van der Waals surface area contributed by atoms with Crippen LogP contribution in [0.25, 0.3) is 10.8 Å². The smallest absolute Gasteiger partial charge is 0.131 e. The Hall–Kier alpha value is -3.15. The molecule has 2 heterocycles. The van der Waals surface area contributed by atoms with Gasteiger partial charge in [0.25, 0.3) is 0 Å². The van der Waals surface area contributed by atoms with Crippen LogP contribution < -0.4 is 5.32 Å². The van der Waals surface area contributed by atoms with Crippen LogP contribution in [0, 0.1) is 12.3 Å². The van der Waals surface area contributed by atoms with Gasteiger partial charge in [0.2, 0.25) is 0 Å². The molecule has 1 atom stereocenters. The van der Waals surface area contributed by atoms with Crippen LogP contribution in [0.4, 0.5) is 5.00 Å². The first-order valence-electron chi connectivity index (χ1n) is 11.9. The molecule has 0 aliphatic carbocycles. The Morgan fingerprint density at radius 2 is 1.97 bits per heavy atom. The summed E-state index contributed by atoms with van der Waals surface area (Å²) in [4.78, 5) is 5.92. The highest BCUT2D eigenvalue weighted by atomic mass is 32.1. The summed E-state index contributed by atoms with van der Waals surface area (Å²) in [6.07, 6.45) is 11.6. The molecule has 1 aliphatic heterocycles. The average molecular weight is 471 g/mol. The number of hydrogen-bond donors (Lipinski definition) is 2. The second-order valence-electron chi connectivity index (χ2n) is 8.83. The average Bonchev–Trinajstić information content (AvgIpc) is 3.23. The molecule has 2 aromatic carbocycles. The third-order valence-corrected chi connectivity index (χ3v) is 7.48. The minimum atomic E-state index is 0.424. The molecule has 4 nitrogen and oxygen atoms in total. The fourth-order valence-corrected chi connectivity index (χ4v) is 5.47. The zero-order valence-corrected chi connectivity index (χ0v) is 20.9. The van der Waals surface area contributed by atoms with Gasteiger partial charge < -0.3 is 10.2 Å². The molecule has 1 fully saturated rings. The summed E-state index contributed by atoms with van der Waals surface area (Å²) in [5, 5.41) is 16.1. The number of hydrogen-bond acceptors (Lipinski definition) is 4. The van der Waals surface area contributed by atoms with Crippen molar-refractivity contribution in [3.63, 3.8) is 0 Å².